The molecule has 0 saturated heterocycles. The number of fused-ring (bicyclic) bond motifs is 3. The average molecular weight is 456 g/mol. The van der Waals surface area contributed by atoms with Crippen molar-refractivity contribution in [2.75, 3.05) is 26.9 Å². The number of hydrogen-bond acceptors (Lipinski definition) is 6. The van der Waals surface area contributed by atoms with Gasteiger partial charge in [-0.3, -0.25) is 4.79 Å². The van der Waals surface area contributed by atoms with Crippen LogP contribution < -0.4 is 10.6 Å². The number of aliphatic hydroxyl groups is 1. The molecule has 0 aromatic heterocycles. The number of aliphatic hydroxyl groups excluding tert-OH is 1. The summed E-state index contributed by atoms with van der Waals surface area (Å²) in [7, 11) is 1.45. The van der Waals surface area contributed by atoms with Gasteiger partial charge < -0.3 is 30.3 Å². The quantitative estimate of drug-likeness (QED) is 0.406. The van der Waals surface area contributed by atoms with Gasteiger partial charge in [-0.2, -0.15) is 0 Å². The van der Waals surface area contributed by atoms with Crippen molar-refractivity contribution < 1.29 is 34.1 Å². The molecule has 9 heteroatoms. The molecule has 0 aliphatic heterocycles. The van der Waals surface area contributed by atoms with E-state index in [1.807, 2.05) is 48.5 Å². The summed E-state index contributed by atoms with van der Waals surface area (Å²) in [5.41, 5.74) is 4.33. The third-order valence-corrected chi connectivity index (χ3v) is 5.60. The maximum atomic E-state index is 12.6. The Labute approximate surface area is 191 Å². The average Bonchev–Trinajstić information content (AvgIpc) is 3.13. The van der Waals surface area contributed by atoms with Gasteiger partial charge in [0.15, 0.2) is 0 Å². The van der Waals surface area contributed by atoms with Crippen LogP contribution in [-0.4, -0.2) is 67.2 Å². The van der Waals surface area contributed by atoms with E-state index in [9.17, 15) is 19.5 Å². The highest BCUT2D eigenvalue weighted by Gasteiger charge is 2.30. The van der Waals surface area contributed by atoms with Crippen LogP contribution in [0.3, 0.4) is 0 Å². The van der Waals surface area contributed by atoms with Gasteiger partial charge in [0.05, 0.1) is 0 Å². The van der Waals surface area contributed by atoms with Crippen molar-refractivity contribution in [3.63, 3.8) is 0 Å². The molecule has 0 heterocycles. The van der Waals surface area contributed by atoms with E-state index in [4.69, 9.17) is 14.6 Å². The standard InChI is InChI=1S/C24H28N2O7/c1-32-13-11-20(22(28)25-21(10-12-27)23(29)30)26-24(31)33-14-19-17-8-4-2-6-15(17)16-7-3-5-9-18(16)19/h2-9,19-21,27H,10-14H2,1H3,(H,25,28)(H,26,31)(H,29,30)/t20?,21-/m0/s1. The molecule has 3 rings (SSSR count). The van der Waals surface area contributed by atoms with Gasteiger partial charge >= 0.3 is 12.1 Å². The van der Waals surface area contributed by atoms with Crippen molar-refractivity contribution in [3.05, 3.63) is 59.7 Å². The number of carbonyl (C=O) groups excluding carboxylic acids is 2. The largest absolute Gasteiger partial charge is 0.480 e. The molecule has 0 radical (unpaired) electrons. The zero-order valence-corrected chi connectivity index (χ0v) is 18.3. The number of rotatable bonds is 11. The molecule has 2 aromatic carbocycles. The van der Waals surface area contributed by atoms with Crippen LogP contribution in [0.4, 0.5) is 4.79 Å². The van der Waals surface area contributed by atoms with E-state index in [2.05, 4.69) is 10.6 Å². The van der Waals surface area contributed by atoms with E-state index < -0.39 is 36.7 Å². The van der Waals surface area contributed by atoms with Crippen LogP contribution in [0.15, 0.2) is 48.5 Å². The molecule has 0 bridgehead atoms. The third-order valence-electron chi connectivity index (χ3n) is 5.60. The number of carbonyl (C=O) groups is 3. The Balaban J connectivity index is 1.65. The van der Waals surface area contributed by atoms with E-state index in [-0.39, 0.29) is 32.0 Å². The highest BCUT2D eigenvalue weighted by atomic mass is 16.5. The topological polar surface area (TPSA) is 134 Å². The lowest BCUT2D eigenvalue weighted by Crippen LogP contribution is -2.52. The number of aliphatic carboxylic acids is 1. The smallest absolute Gasteiger partial charge is 0.407 e. The summed E-state index contributed by atoms with van der Waals surface area (Å²) in [6, 6.07) is 13.6. The molecule has 0 saturated carbocycles. The lowest BCUT2D eigenvalue weighted by atomic mass is 9.98. The lowest BCUT2D eigenvalue weighted by molar-refractivity contribution is -0.142. The molecule has 2 amide bonds. The maximum absolute atomic E-state index is 12.6. The summed E-state index contributed by atoms with van der Waals surface area (Å²) in [4.78, 5) is 36.4. The summed E-state index contributed by atoms with van der Waals surface area (Å²) in [5, 5.41) is 23.0. The lowest BCUT2D eigenvalue weighted by Gasteiger charge is -2.21. The Hall–Kier alpha value is -3.43. The molecular formula is C24H28N2O7. The third kappa shape index (κ3) is 5.88. The maximum Gasteiger partial charge on any atom is 0.407 e. The van der Waals surface area contributed by atoms with Crippen LogP contribution in [-0.2, 0) is 19.1 Å². The number of carboxylic acids is 1. The predicted molar refractivity (Wildman–Crippen MR) is 120 cm³/mol. The summed E-state index contributed by atoms with van der Waals surface area (Å²) in [6.07, 6.45) is -0.816. The van der Waals surface area contributed by atoms with Gasteiger partial charge in [-0.05, 0) is 22.3 Å². The predicted octanol–water partition coefficient (Wildman–Crippen LogP) is 1.88. The van der Waals surface area contributed by atoms with Crippen molar-refractivity contribution in [3.8, 4) is 11.1 Å². The first kappa shape index (κ1) is 24.2. The Kier molecular flexibility index (Phi) is 8.39. The fourth-order valence-electron chi connectivity index (χ4n) is 3.95. The Morgan fingerprint density at radius 3 is 2.09 bits per heavy atom. The van der Waals surface area contributed by atoms with E-state index in [0.29, 0.717) is 0 Å². The Bertz CT molecular complexity index is 949. The van der Waals surface area contributed by atoms with Crippen molar-refractivity contribution in [1.82, 2.24) is 10.6 Å². The SMILES string of the molecule is COCCC(NC(=O)OCC1c2ccccc2-c2ccccc21)C(=O)N[C@@H](CCO)C(=O)O. The fraction of sp³-hybridized carbons (Fsp3) is 0.375. The molecular weight excluding hydrogens is 428 g/mol. The van der Waals surface area contributed by atoms with Crippen molar-refractivity contribution in [1.29, 1.82) is 0 Å². The summed E-state index contributed by atoms with van der Waals surface area (Å²) >= 11 is 0. The second-order valence-corrected chi connectivity index (χ2v) is 7.72. The van der Waals surface area contributed by atoms with E-state index >= 15 is 0 Å². The minimum atomic E-state index is -1.27. The summed E-state index contributed by atoms with van der Waals surface area (Å²) in [6.45, 7) is -0.153. The van der Waals surface area contributed by atoms with Gasteiger partial charge in [0.1, 0.15) is 18.7 Å². The highest BCUT2D eigenvalue weighted by molar-refractivity contribution is 5.89. The molecule has 4 N–H and O–H groups in total. The Morgan fingerprint density at radius 2 is 1.55 bits per heavy atom. The van der Waals surface area contributed by atoms with Gasteiger partial charge in [0, 0.05) is 39.1 Å². The van der Waals surface area contributed by atoms with E-state index in [1.54, 1.807) is 0 Å². The molecule has 176 valence electrons. The number of carboxylic acid groups (broad SMARTS) is 1. The van der Waals surface area contributed by atoms with Crippen LogP contribution in [0.1, 0.15) is 29.9 Å². The first-order valence-electron chi connectivity index (χ1n) is 10.7. The molecule has 9 nitrogen and oxygen atoms in total. The van der Waals surface area contributed by atoms with Crippen LogP contribution in [0.5, 0.6) is 0 Å². The normalized spacial score (nSPS) is 14.0. The van der Waals surface area contributed by atoms with Crippen molar-refractivity contribution >= 4 is 18.0 Å². The van der Waals surface area contributed by atoms with Gasteiger partial charge in [-0.15, -0.1) is 0 Å². The van der Waals surface area contributed by atoms with Crippen LogP contribution >= 0.6 is 0 Å². The number of nitrogens with one attached hydrogen (secondary N) is 2. The number of alkyl carbamates (subject to hydrolysis) is 1. The van der Waals surface area contributed by atoms with Crippen molar-refractivity contribution in [2.45, 2.75) is 30.8 Å². The molecule has 33 heavy (non-hydrogen) atoms. The molecule has 1 aliphatic carbocycles. The van der Waals surface area contributed by atoms with Gasteiger partial charge in [-0.1, -0.05) is 48.5 Å². The van der Waals surface area contributed by atoms with E-state index in [0.717, 1.165) is 22.3 Å². The second-order valence-electron chi connectivity index (χ2n) is 7.72. The van der Waals surface area contributed by atoms with Crippen molar-refractivity contribution in [2.24, 2.45) is 0 Å². The summed E-state index contributed by atoms with van der Waals surface area (Å²) < 4.78 is 10.5. The number of methoxy groups -OCH3 is 1. The number of amides is 2. The van der Waals surface area contributed by atoms with E-state index in [1.165, 1.54) is 7.11 Å². The minimum absolute atomic E-state index is 0.0841. The van der Waals surface area contributed by atoms with Crippen LogP contribution in [0.2, 0.25) is 0 Å². The summed E-state index contributed by atoms with van der Waals surface area (Å²) in [5.74, 6) is -2.10. The highest BCUT2D eigenvalue weighted by Crippen LogP contribution is 2.44. The number of hydrogen-bond donors (Lipinski definition) is 4. The zero-order chi connectivity index (χ0) is 23.8. The minimum Gasteiger partial charge on any atom is -0.480 e. The second kappa shape index (κ2) is 11.4. The van der Waals surface area contributed by atoms with Crippen LogP contribution in [0.25, 0.3) is 11.1 Å². The monoisotopic (exact) mass is 456 g/mol. The Morgan fingerprint density at radius 1 is 0.939 bits per heavy atom. The molecule has 2 atom stereocenters. The molecule has 2 aromatic rings. The van der Waals surface area contributed by atoms with Gasteiger partial charge in [0.2, 0.25) is 5.91 Å². The number of benzene rings is 2. The van der Waals surface area contributed by atoms with Gasteiger partial charge in [-0.25, -0.2) is 9.59 Å². The first-order chi connectivity index (χ1) is 16.0. The molecule has 1 aliphatic rings. The molecule has 0 spiro atoms. The first-order valence-corrected chi connectivity index (χ1v) is 10.7. The van der Waals surface area contributed by atoms with Crippen LogP contribution in [0, 0.1) is 0 Å². The molecule has 0 fully saturated rings. The fourth-order valence-corrected chi connectivity index (χ4v) is 3.95. The zero-order valence-electron chi connectivity index (χ0n) is 18.3. The molecule has 1 unspecified atom stereocenters. The number of ether oxygens (including phenoxy) is 2. The van der Waals surface area contributed by atoms with Gasteiger partial charge in [0.25, 0.3) is 0 Å².